The molecule has 110 valence electrons. The molecular weight excluding hydrogens is 274 g/mol. The van der Waals surface area contributed by atoms with Crippen molar-refractivity contribution < 1.29 is 14.5 Å². The monoisotopic (exact) mass is 289 g/mol. The van der Waals surface area contributed by atoms with Gasteiger partial charge in [0.1, 0.15) is 5.69 Å². The fraction of sp³-hybridized carbons (Fsp3) is 0.214. The molecule has 0 aliphatic heterocycles. The lowest BCUT2D eigenvalue weighted by Crippen LogP contribution is -2.04. The van der Waals surface area contributed by atoms with Crippen LogP contribution >= 0.6 is 0 Å². The van der Waals surface area contributed by atoms with Crippen LogP contribution in [0.2, 0.25) is 0 Å². The van der Waals surface area contributed by atoms with E-state index < -0.39 is 10.9 Å². The number of esters is 1. The number of benzene rings is 1. The Morgan fingerprint density at radius 3 is 2.81 bits per heavy atom. The number of carbonyl (C=O) groups is 1. The third-order valence-electron chi connectivity index (χ3n) is 3.05. The quantitative estimate of drug-likeness (QED) is 0.501. The molecule has 0 saturated heterocycles. The first-order valence-electron chi connectivity index (χ1n) is 6.26. The molecule has 0 spiro atoms. The maximum absolute atomic E-state index is 11.3. The molecule has 0 unspecified atom stereocenters. The van der Waals surface area contributed by atoms with Gasteiger partial charge in [-0.2, -0.15) is 0 Å². The molecule has 7 heteroatoms. The van der Waals surface area contributed by atoms with Gasteiger partial charge in [-0.3, -0.25) is 10.1 Å². The number of nitrogens with one attached hydrogen (secondary N) is 2. The molecule has 0 aliphatic rings. The number of aromatic nitrogens is 1. The van der Waals surface area contributed by atoms with Crippen molar-refractivity contribution in [3.63, 3.8) is 0 Å². The Balaban J connectivity index is 2.09. The van der Waals surface area contributed by atoms with Crippen LogP contribution in [0.15, 0.2) is 30.3 Å². The zero-order valence-corrected chi connectivity index (χ0v) is 11.7. The fourth-order valence-electron chi connectivity index (χ4n) is 1.88. The largest absolute Gasteiger partial charge is 0.464 e. The number of hydrogen-bond donors (Lipinski definition) is 2. The van der Waals surface area contributed by atoms with Crippen molar-refractivity contribution in [2.75, 3.05) is 12.4 Å². The Hall–Kier alpha value is -2.83. The first kappa shape index (κ1) is 14.6. The number of H-pyrrole nitrogens is 1. The highest BCUT2D eigenvalue weighted by molar-refractivity contribution is 5.87. The van der Waals surface area contributed by atoms with E-state index in [0.29, 0.717) is 17.9 Å². The number of nitro benzene ring substituents is 1. The van der Waals surface area contributed by atoms with E-state index in [1.165, 1.54) is 19.2 Å². The molecule has 0 fully saturated rings. The molecule has 2 aromatic rings. The molecule has 0 bridgehead atoms. The van der Waals surface area contributed by atoms with Crippen LogP contribution in [0.3, 0.4) is 0 Å². The molecule has 0 aliphatic carbocycles. The van der Waals surface area contributed by atoms with E-state index in [2.05, 4.69) is 15.0 Å². The smallest absolute Gasteiger partial charge is 0.354 e. The van der Waals surface area contributed by atoms with Crippen molar-refractivity contribution in [2.24, 2.45) is 0 Å². The number of methoxy groups -OCH3 is 1. The number of nitro groups is 1. The molecule has 0 amide bonds. The summed E-state index contributed by atoms with van der Waals surface area (Å²) in [6.07, 6.45) is 0. The van der Waals surface area contributed by atoms with Crippen LogP contribution < -0.4 is 5.32 Å². The van der Waals surface area contributed by atoms with Gasteiger partial charge in [-0.25, -0.2) is 4.79 Å². The van der Waals surface area contributed by atoms with E-state index in [-0.39, 0.29) is 5.69 Å². The van der Waals surface area contributed by atoms with E-state index in [1.54, 1.807) is 18.2 Å². The van der Waals surface area contributed by atoms with Gasteiger partial charge in [-0.15, -0.1) is 0 Å². The van der Waals surface area contributed by atoms with Crippen LogP contribution in [-0.4, -0.2) is 23.0 Å². The zero-order chi connectivity index (χ0) is 15.4. The molecule has 1 aromatic carbocycles. The second-order valence-corrected chi connectivity index (χ2v) is 4.50. The van der Waals surface area contributed by atoms with E-state index in [1.807, 2.05) is 6.92 Å². The summed E-state index contributed by atoms with van der Waals surface area (Å²) in [6.45, 7) is 2.28. The van der Waals surface area contributed by atoms with Gasteiger partial charge in [-0.1, -0.05) is 6.07 Å². The van der Waals surface area contributed by atoms with Crippen molar-refractivity contribution in [1.29, 1.82) is 0 Å². The van der Waals surface area contributed by atoms with Crippen LogP contribution in [0, 0.1) is 17.0 Å². The van der Waals surface area contributed by atoms with Crippen molar-refractivity contribution in [3.8, 4) is 0 Å². The number of nitrogens with zero attached hydrogens (tertiary/aromatic N) is 1. The molecule has 0 radical (unpaired) electrons. The molecule has 1 aromatic heterocycles. The first-order chi connectivity index (χ1) is 10.0. The number of ether oxygens (including phenoxy) is 1. The maximum Gasteiger partial charge on any atom is 0.354 e. The first-order valence-corrected chi connectivity index (χ1v) is 6.26. The van der Waals surface area contributed by atoms with Crippen LogP contribution in [0.25, 0.3) is 0 Å². The van der Waals surface area contributed by atoms with E-state index >= 15 is 0 Å². The molecule has 7 nitrogen and oxygen atoms in total. The van der Waals surface area contributed by atoms with Crippen molar-refractivity contribution in [2.45, 2.75) is 13.5 Å². The van der Waals surface area contributed by atoms with Crippen LogP contribution in [-0.2, 0) is 11.3 Å². The van der Waals surface area contributed by atoms with Gasteiger partial charge >= 0.3 is 5.97 Å². The van der Waals surface area contributed by atoms with Crippen LogP contribution in [0.4, 0.5) is 11.4 Å². The highest BCUT2D eigenvalue weighted by atomic mass is 16.6. The van der Waals surface area contributed by atoms with E-state index in [0.717, 1.165) is 11.3 Å². The number of aromatic amines is 1. The van der Waals surface area contributed by atoms with Crippen molar-refractivity contribution in [3.05, 3.63) is 57.4 Å². The molecule has 1 heterocycles. The van der Waals surface area contributed by atoms with Crippen LogP contribution in [0.5, 0.6) is 0 Å². The minimum absolute atomic E-state index is 0.0323. The Kier molecular flexibility index (Phi) is 4.22. The van der Waals surface area contributed by atoms with Gasteiger partial charge in [0, 0.05) is 23.5 Å². The summed E-state index contributed by atoms with van der Waals surface area (Å²) in [4.78, 5) is 24.6. The standard InChI is InChI=1S/C14H15N3O4/c1-9-3-5-11(17(19)20)7-13(9)15-8-10-4-6-12(16-10)14(18)21-2/h3-7,15-16H,8H2,1-2H3. The van der Waals surface area contributed by atoms with Gasteiger partial charge in [0.2, 0.25) is 0 Å². The lowest BCUT2D eigenvalue weighted by Gasteiger charge is -2.08. The molecule has 2 N–H and O–H groups in total. The summed E-state index contributed by atoms with van der Waals surface area (Å²) < 4.78 is 4.61. The van der Waals surface area contributed by atoms with E-state index in [4.69, 9.17) is 0 Å². The number of hydrogen-bond acceptors (Lipinski definition) is 5. The highest BCUT2D eigenvalue weighted by Gasteiger charge is 2.10. The molecular formula is C14H15N3O4. The summed E-state index contributed by atoms with van der Waals surface area (Å²) >= 11 is 0. The van der Waals surface area contributed by atoms with E-state index in [9.17, 15) is 14.9 Å². The number of carbonyl (C=O) groups excluding carboxylic acids is 1. The van der Waals surface area contributed by atoms with Gasteiger partial charge in [0.15, 0.2) is 0 Å². The Bertz CT molecular complexity index is 679. The summed E-state index contributed by atoms with van der Waals surface area (Å²) in [7, 11) is 1.31. The van der Waals surface area contributed by atoms with Gasteiger partial charge in [0.05, 0.1) is 18.6 Å². The number of rotatable bonds is 5. The number of aryl methyl sites for hydroxylation is 1. The second kappa shape index (κ2) is 6.08. The van der Waals surface area contributed by atoms with Gasteiger partial charge in [-0.05, 0) is 24.6 Å². The third-order valence-corrected chi connectivity index (χ3v) is 3.05. The topological polar surface area (TPSA) is 97.3 Å². The Morgan fingerprint density at radius 2 is 2.14 bits per heavy atom. The fourth-order valence-corrected chi connectivity index (χ4v) is 1.88. The Labute approximate surface area is 121 Å². The second-order valence-electron chi connectivity index (χ2n) is 4.50. The summed E-state index contributed by atoms with van der Waals surface area (Å²) in [5, 5.41) is 13.9. The third kappa shape index (κ3) is 3.38. The summed E-state index contributed by atoms with van der Waals surface area (Å²) in [5.41, 5.74) is 2.76. The van der Waals surface area contributed by atoms with Gasteiger partial charge < -0.3 is 15.0 Å². The molecule has 21 heavy (non-hydrogen) atoms. The maximum atomic E-state index is 11.3. The predicted octanol–water partition coefficient (Wildman–Crippen LogP) is 2.63. The zero-order valence-electron chi connectivity index (χ0n) is 11.7. The lowest BCUT2D eigenvalue weighted by molar-refractivity contribution is -0.384. The van der Waals surface area contributed by atoms with Crippen LogP contribution in [0.1, 0.15) is 21.7 Å². The average Bonchev–Trinajstić information content (AvgIpc) is 2.94. The predicted molar refractivity (Wildman–Crippen MR) is 77.3 cm³/mol. The summed E-state index contributed by atoms with van der Waals surface area (Å²) in [5.74, 6) is -0.437. The summed E-state index contributed by atoms with van der Waals surface area (Å²) in [6, 6.07) is 8.02. The molecule has 0 saturated carbocycles. The molecule has 0 atom stereocenters. The normalized spacial score (nSPS) is 10.2. The van der Waals surface area contributed by atoms with Crippen molar-refractivity contribution in [1.82, 2.24) is 4.98 Å². The minimum Gasteiger partial charge on any atom is -0.464 e. The minimum atomic E-state index is -0.437. The van der Waals surface area contributed by atoms with Gasteiger partial charge in [0.25, 0.3) is 5.69 Å². The highest BCUT2D eigenvalue weighted by Crippen LogP contribution is 2.22. The van der Waals surface area contributed by atoms with Crippen molar-refractivity contribution >= 4 is 17.3 Å². The Morgan fingerprint density at radius 1 is 1.38 bits per heavy atom. The lowest BCUT2D eigenvalue weighted by atomic mass is 10.2. The average molecular weight is 289 g/mol. The molecule has 2 rings (SSSR count). The SMILES string of the molecule is COC(=O)c1ccc(CNc2cc([N+](=O)[O-])ccc2C)[nH]1. The number of anilines is 1. The number of non-ortho nitro benzene ring substituents is 1.